The molecule has 3 N–H and O–H groups in total. The van der Waals surface area contributed by atoms with E-state index in [9.17, 15) is 0 Å². The van der Waals surface area contributed by atoms with Crippen LogP contribution in [0.3, 0.4) is 0 Å². The topological polar surface area (TPSA) is 38.0 Å². The Labute approximate surface area is 117 Å². The molecule has 0 radical (unpaired) electrons. The van der Waals surface area contributed by atoms with E-state index < -0.39 is 0 Å². The highest BCUT2D eigenvalue weighted by atomic mass is 15.2. The van der Waals surface area contributed by atoms with Crippen molar-refractivity contribution < 1.29 is 0 Å². The lowest BCUT2D eigenvalue weighted by molar-refractivity contribution is 0.219. The quantitative estimate of drug-likeness (QED) is 0.634. The molecule has 0 heterocycles. The third-order valence-corrected chi connectivity index (χ3v) is 4.72. The van der Waals surface area contributed by atoms with E-state index in [0.29, 0.717) is 12.0 Å². The Hall–Kier alpha value is -0.860. The zero-order valence-electron chi connectivity index (χ0n) is 12.6. The summed E-state index contributed by atoms with van der Waals surface area (Å²) in [7, 11) is 0. The number of benzene rings is 1. The molecule has 0 aliphatic heterocycles. The van der Waals surface area contributed by atoms with Gasteiger partial charge in [0, 0.05) is 6.04 Å². The van der Waals surface area contributed by atoms with E-state index in [0.717, 1.165) is 5.92 Å². The molecule has 0 aromatic heterocycles. The minimum atomic E-state index is 0.316. The third kappa shape index (κ3) is 3.58. The first-order chi connectivity index (χ1) is 9.13. The fraction of sp³-hybridized carbons (Fsp3) is 0.647. The summed E-state index contributed by atoms with van der Waals surface area (Å²) in [4.78, 5) is 0. The van der Waals surface area contributed by atoms with Crippen molar-refractivity contribution in [2.75, 3.05) is 0 Å². The average Bonchev–Trinajstić information content (AvgIpc) is 2.39. The summed E-state index contributed by atoms with van der Waals surface area (Å²) in [5.74, 6) is 7.48. The molecule has 1 aliphatic rings. The fourth-order valence-electron chi connectivity index (χ4n) is 3.62. The molecule has 106 valence electrons. The Bertz CT molecular complexity index is 385. The van der Waals surface area contributed by atoms with Gasteiger partial charge in [-0.1, -0.05) is 55.5 Å². The van der Waals surface area contributed by atoms with Crippen molar-refractivity contribution in [2.24, 2.45) is 17.7 Å². The second-order valence-corrected chi connectivity index (χ2v) is 6.25. The van der Waals surface area contributed by atoms with Gasteiger partial charge in [-0.25, -0.2) is 0 Å². The maximum atomic E-state index is 5.85. The van der Waals surface area contributed by atoms with Crippen molar-refractivity contribution in [1.82, 2.24) is 5.43 Å². The molecule has 1 unspecified atom stereocenters. The van der Waals surface area contributed by atoms with Crippen LogP contribution < -0.4 is 11.3 Å². The van der Waals surface area contributed by atoms with Crippen LogP contribution in [0.25, 0.3) is 0 Å². The largest absolute Gasteiger partial charge is 0.271 e. The Morgan fingerprint density at radius 1 is 1.11 bits per heavy atom. The molecule has 1 aliphatic carbocycles. The van der Waals surface area contributed by atoms with Crippen LogP contribution in [0.1, 0.15) is 61.8 Å². The summed E-state index contributed by atoms with van der Waals surface area (Å²) in [5.41, 5.74) is 7.10. The Kier molecular flexibility index (Phi) is 5.00. The van der Waals surface area contributed by atoms with E-state index >= 15 is 0 Å². The van der Waals surface area contributed by atoms with Crippen molar-refractivity contribution in [3.8, 4) is 0 Å². The highest BCUT2D eigenvalue weighted by molar-refractivity contribution is 5.31. The average molecular weight is 260 g/mol. The first-order valence-corrected chi connectivity index (χ1v) is 7.68. The Morgan fingerprint density at radius 2 is 1.68 bits per heavy atom. The molecule has 0 spiro atoms. The molecule has 0 amide bonds. The summed E-state index contributed by atoms with van der Waals surface area (Å²) in [5, 5.41) is 0. The van der Waals surface area contributed by atoms with Crippen LogP contribution in [0.15, 0.2) is 18.2 Å². The third-order valence-electron chi connectivity index (χ3n) is 4.72. The van der Waals surface area contributed by atoms with Crippen LogP contribution in [0.2, 0.25) is 0 Å². The lowest BCUT2D eigenvalue weighted by Crippen LogP contribution is -2.35. The van der Waals surface area contributed by atoms with E-state index in [2.05, 4.69) is 44.4 Å². The second-order valence-electron chi connectivity index (χ2n) is 6.25. The van der Waals surface area contributed by atoms with Crippen molar-refractivity contribution in [3.05, 3.63) is 34.9 Å². The summed E-state index contributed by atoms with van der Waals surface area (Å²) in [6, 6.07) is 7.11. The zero-order chi connectivity index (χ0) is 13.8. The highest BCUT2D eigenvalue weighted by Crippen LogP contribution is 2.37. The molecule has 1 aromatic rings. The van der Waals surface area contributed by atoms with E-state index in [1.165, 1.54) is 48.8 Å². The maximum absolute atomic E-state index is 5.85. The van der Waals surface area contributed by atoms with Gasteiger partial charge in [0.2, 0.25) is 0 Å². The number of nitrogens with one attached hydrogen (secondary N) is 1. The van der Waals surface area contributed by atoms with Gasteiger partial charge < -0.3 is 0 Å². The molecular weight excluding hydrogens is 232 g/mol. The van der Waals surface area contributed by atoms with Crippen molar-refractivity contribution in [1.29, 1.82) is 0 Å². The van der Waals surface area contributed by atoms with E-state index in [-0.39, 0.29) is 0 Å². The number of hydrazine groups is 1. The number of nitrogens with two attached hydrogens (primary N) is 1. The van der Waals surface area contributed by atoms with Crippen LogP contribution >= 0.6 is 0 Å². The van der Waals surface area contributed by atoms with Crippen LogP contribution in [-0.4, -0.2) is 0 Å². The molecule has 2 rings (SSSR count). The predicted molar refractivity (Wildman–Crippen MR) is 81.7 cm³/mol. The van der Waals surface area contributed by atoms with Gasteiger partial charge >= 0.3 is 0 Å². The molecule has 1 atom stereocenters. The Morgan fingerprint density at radius 3 is 2.16 bits per heavy atom. The first-order valence-electron chi connectivity index (χ1n) is 7.68. The van der Waals surface area contributed by atoms with E-state index in [1.807, 2.05) is 0 Å². The minimum absolute atomic E-state index is 0.316. The monoisotopic (exact) mass is 260 g/mol. The van der Waals surface area contributed by atoms with Gasteiger partial charge in [0.25, 0.3) is 0 Å². The number of hydrogen-bond donors (Lipinski definition) is 2. The summed E-state index contributed by atoms with van der Waals surface area (Å²) in [6.45, 7) is 6.64. The van der Waals surface area contributed by atoms with Gasteiger partial charge in [0.15, 0.2) is 0 Å². The highest BCUT2D eigenvalue weighted by Gasteiger charge is 2.27. The molecule has 1 aromatic carbocycles. The fourth-order valence-corrected chi connectivity index (χ4v) is 3.62. The summed E-state index contributed by atoms with van der Waals surface area (Å²) < 4.78 is 0. The lowest BCUT2D eigenvalue weighted by atomic mass is 9.76. The molecule has 1 saturated carbocycles. The van der Waals surface area contributed by atoms with Crippen molar-refractivity contribution in [3.63, 3.8) is 0 Å². The summed E-state index contributed by atoms with van der Waals surface area (Å²) >= 11 is 0. The lowest BCUT2D eigenvalue weighted by Gasteiger charge is -2.33. The van der Waals surface area contributed by atoms with Gasteiger partial charge in [-0.15, -0.1) is 0 Å². The van der Waals surface area contributed by atoms with Crippen LogP contribution in [0, 0.1) is 25.7 Å². The van der Waals surface area contributed by atoms with Gasteiger partial charge in [-0.3, -0.25) is 11.3 Å². The summed E-state index contributed by atoms with van der Waals surface area (Å²) in [6.07, 6.45) is 6.67. The number of rotatable bonds is 4. The molecule has 0 bridgehead atoms. The van der Waals surface area contributed by atoms with E-state index in [4.69, 9.17) is 5.84 Å². The number of hydrogen-bond acceptors (Lipinski definition) is 2. The zero-order valence-corrected chi connectivity index (χ0v) is 12.6. The SMILES string of the molecule is CCC1CCC(C(NN)c2cc(C)cc(C)c2)CC1. The molecule has 2 nitrogen and oxygen atoms in total. The standard InChI is InChI=1S/C17H28N2/c1-4-14-5-7-15(8-6-14)17(19-18)16-10-12(2)9-13(3)11-16/h9-11,14-15,17,19H,4-8,18H2,1-3H3. The van der Waals surface area contributed by atoms with Gasteiger partial charge in [0.05, 0.1) is 0 Å². The maximum Gasteiger partial charge on any atom is 0.0488 e. The molecular formula is C17H28N2. The normalized spacial score (nSPS) is 25.3. The Balaban J connectivity index is 2.11. The van der Waals surface area contributed by atoms with Crippen molar-refractivity contribution in [2.45, 2.75) is 58.9 Å². The molecule has 2 heteroatoms. The predicted octanol–water partition coefficient (Wildman–Crippen LogP) is 4.02. The van der Waals surface area contributed by atoms with Gasteiger partial charge in [0.1, 0.15) is 0 Å². The molecule has 0 saturated heterocycles. The molecule has 1 fully saturated rings. The first kappa shape index (κ1) is 14.5. The van der Waals surface area contributed by atoms with E-state index in [1.54, 1.807) is 0 Å². The minimum Gasteiger partial charge on any atom is -0.271 e. The second kappa shape index (κ2) is 6.53. The van der Waals surface area contributed by atoms with Crippen LogP contribution in [0.5, 0.6) is 0 Å². The number of aryl methyl sites for hydroxylation is 2. The molecule has 19 heavy (non-hydrogen) atoms. The van der Waals surface area contributed by atoms with Crippen LogP contribution in [0.4, 0.5) is 0 Å². The van der Waals surface area contributed by atoms with Gasteiger partial charge in [-0.05, 0) is 44.1 Å². The van der Waals surface area contributed by atoms with Crippen molar-refractivity contribution >= 4 is 0 Å². The van der Waals surface area contributed by atoms with Gasteiger partial charge in [-0.2, -0.15) is 0 Å². The smallest absolute Gasteiger partial charge is 0.0488 e. The van der Waals surface area contributed by atoms with Crippen LogP contribution in [-0.2, 0) is 0 Å².